The van der Waals surface area contributed by atoms with Crippen molar-refractivity contribution in [3.8, 4) is 0 Å². The normalized spacial score (nSPS) is 21.6. The molecule has 1 aliphatic heterocycles. The first kappa shape index (κ1) is 16.6. The Bertz CT molecular complexity index is 570. The lowest BCUT2D eigenvalue weighted by atomic mass is 10.1. The minimum Gasteiger partial charge on any atom is -0.312 e. The molecule has 1 aromatic rings. The summed E-state index contributed by atoms with van der Waals surface area (Å²) in [5.41, 5.74) is -3.39. The summed E-state index contributed by atoms with van der Waals surface area (Å²) in [6, 6.07) is 6.17. The number of nitrogens with one attached hydrogen (secondary N) is 1. The Balaban J connectivity index is 1.76. The van der Waals surface area contributed by atoms with Crippen LogP contribution in [0.15, 0.2) is 29.2 Å². The molecular weight excluding hydrogens is 323 g/mol. The number of rotatable bonds is 5. The largest absolute Gasteiger partial charge is 0.446 e. The van der Waals surface area contributed by atoms with Gasteiger partial charge in [0.2, 0.25) is 0 Å². The van der Waals surface area contributed by atoms with Crippen LogP contribution in [0, 0.1) is 5.92 Å². The topological polar surface area (TPSA) is 46.2 Å². The van der Waals surface area contributed by atoms with E-state index in [9.17, 15) is 21.6 Å². The number of halogens is 3. The zero-order valence-electron chi connectivity index (χ0n) is 11.2. The van der Waals surface area contributed by atoms with E-state index in [2.05, 4.69) is 5.32 Å². The van der Waals surface area contributed by atoms with E-state index in [1.165, 1.54) is 12.1 Å². The summed E-state index contributed by atoms with van der Waals surface area (Å²) in [4.78, 5) is 0.160. The van der Waals surface area contributed by atoms with E-state index >= 15 is 0 Å². The van der Waals surface area contributed by atoms with E-state index < -0.39 is 15.3 Å². The second kappa shape index (κ2) is 6.58. The molecule has 118 valence electrons. The van der Waals surface area contributed by atoms with Crippen molar-refractivity contribution in [2.45, 2.75) is 23.4 Å². The fraction of sp³-hybridized carbons (Fsp3) is 0.538. The predicted molar refractivity (Wildman–Crippen MR) is 76.8 cm³/mol. The summed E-state index contributed by atoms with van der Waals surface area (Å²) in [6.45, 7) is 1.13. The van der Waals surface area contributed by atoms with Crippen LogP contribution in [0.3, 0.4) is 0 Å². The average Bonchev–Trinajstić information content (AvgIpc) is 2.69. The molecule has 0 aromatic heterocycles. The van der Waals surface area contributed by atoms with E-state index in [0.717, 1.165) is 5.56 Å². The fourth-order valence-corrected chi connectivity index (χ4v) is 4.66. The van der Waals surface area contributed by atoms with Gasteiger partial charge in [-0.1, -0.05) is 12.1 Å². The van der Waals surface area contributed by atoms with Crippen LogP contribution in [0.4, 0.5) is 13.2 Å². The molecule has 3 nitrogen and oxygen atoms in total. The van der Waals surface area contributed by atoms with Crippen molar-refractivity contribution in [3.63, 3.8) is 0 Å². The van der Waals surface area contributed by atoms with Gasteiger partial charge < -0.3 is 5.32 Å². The smallest absolute Gasteiger partial charge is 0.312 e. The molecule has 0 bridgehead atoms. The van der Waals surface area contributed by atoms with Crippen LogP contribution in [-0.2, 0) is 16.4 Å². The molecule has 2 rings (SSSR count). The van der Waals surface area contributed by atoms with Crippen LogP contribution in [-0.4, -0.2) is 32.0 Å². The molecule has 1 N–H and O–H groups in total. The molecule has 0 amide bonds. The molecule has 1 atom stereocenters. The van der Waals surface area contributed by atoms with Gasteiger partial charge in [0.25, 0.3) is 0 Å². The molecule has 1 unspecified atom stereocenters. The van der Waals surface area contributed by atoms with Crippen molar-refractivity contribution in [3.05, 3.63) is 29.8 Å². The van der Waals surface area contributed by atoms with Crippen LogP contribution in [0.5, 0.6) is 0 Å². The van der Waals surface area contributed by atoms with Gasteiger partial charge in [-0.25, -0.2) is 8.42 Å². The minimum absolute atomic E-state index is 0.134. The molecule has 8 heteroatoms. The van der Waals surface area contributed by atoms with Gasteiger partial charge in [-0.3, -0.25) is 0 Å². The quantitative estimate of drug-likeness (QED) is 0.838. The summed E-state index contributed by atoms with van der Waals surface area (Å²) in [7, 11) is -2.86. The Morgan fingerprint density at radius 2 is 1.90 bits per heavy atom. The lowest BCUT2D eigenvalue weighted by Crippen LogP contribution is -2.23. The summed E-state index contributed by atoms with van der Waals surface area (Å²) in [5.74, 6) is 0.610. The average molecular weight is 339 g/mol. The molecule has 1 heterocycles. The van der Waals surface area contributed by atoms with Gasteiger partial charge in [0.15, 0.2) is 9.84 Å². The molecule has 1 fully saturated rings. The Kier molecular flexibility index (Phi) is 5.21. The van der Waals surface area contributed by atoms with E-state index in [1.54, 1.807) is 12.1 Å². The standard InChI is InChI=1S/C13H16F3NO2S2/c14-13(15,16)20-12-3-1-10(2-4-12)7-17-8-11-5-6-21(18,19)9-11/h1-4,11,17H,5-9H2. The molecule has 1 saturated heterocycles. The van der Waals surface area contributed by atoms with Crippen LogP contribution in [0.1, 0.15) is 12.0 Å². The SMILES string of the molecule is O=S1(=O)CCC(CNCc2ccc(SC(F)(F)F)cc2)C1. The van der Waals surface area contributed by atoms with Crippen molar-refractivity contribution >= 4 is 21.6 Å². The van der Waals surface area contributed by atoms with E-state index in [1.807, 2.05) is 0 Å². The van der Waals surface area contributed by atoms with Crippen LogP contribution >= 0.6 is 11.8 Å². The number of alkyl halides is 3. The van der Waals surface area contributed by atoms with E-state index in [4.69, 9.17) is 0 Å². The summed E-state index contributed by atoms with van der Waals surface area (Å²) >= 11 is -0.134. The van der Waals surface area contributed by atoms with Gasteiger partial charge in [-0.15, -0.1) is 0 Å². The number of benzene rings is 1. The third-order valence-electron chi connectivity index (χ3n) is 3.25. The third kappa shape index (κ3) is 5.88. The Morgan fingerprint density at radius 1 is 1.24 bits per heavy atom. The lowest BCUT2D eigenvalue weighted by Gasteiger charge is -2.10. The monoisotopic (exact) mass is 339 g/mol. The Labute approximate surface area is 126 Å². The molecule has 21 heavy (non-hydrogen) atoms. The van der Waals surface area contributed by atoms with Gasteiger partial charge in [-0.2, -0.15) is 13.2 Å². The fourth-order valence-electron chi connectivity index (χ4n) is 2.26. The summed E-state index contributed by atoms with van der Waals surface area (Å²) in [6.07, 6.45) is 0.677. The molecule has 1 aromatic carbocycles. The third-order valence-corrected chi connectivity index (χ3v) is 5.82. The zero-order valence-corrected chi connectivity index (χ0v) is 12.8. The van der Waals surface area contributed by atoms with Gasteiger partial charge in [-0.05, 0) is 48.3 Å². The lowest BCUT2D eigenvalue weighted by molar-refractivity contribution is -0.0328. The van der Waals surface area contributed by atoms with Crippen LogP contribution < -0.4 is 5.32 Å². The first-order valence-electron chi connectivity index (χ1n) is 6.49. The number of thioether (sulfide) groups is 1. The van der Waals surface area contributed by atoms with Gasteiger partial charge in [0.05, 0.1) is 11.5 Å². The first-order valence-corrected chi connectivity index (χ1v) is 9.13. The molecule has 0 radical (unpaired) electrons. The van der Waals surface area contributed by atoms with Crippen molar-refractivity contribution in [2.24, 2.45) is 5.92 Å². The van der Waals surface area contributed by atoms with Crippen molar-refractivity contribution < 1.29 is 21.6 Å². The van der Waals surface area contributed by atoms with Gasteiger partial charge in [0.1, 0.15) is 0 Å². The van der Waals surface area contributed by atoms with Gasteiger partial charge >= 0.3 is 5.51 Å². The Hall–Kier alpha value is -0.730. The van der Waals surface area contributed by atoms with E-state index in [0.29, 0.717) is 19.5 Å². The number of sulfone groups is 1. The van der Waals surface area contributed by atoms with E-state index in [-0.39, 0.29) is 34.1 Å². The highest BCUT2D eigenvalue weighted by molar-refractivity contribution is 8.00. The summed E-state index contributed by atoms with van der Waals surface area (Å²) in [5, 5.41) is 3.16. The minimum atomic E-state index is -4.27. The second-order valence-corrected chi connectivity index (χ2v) is 8.46. The molecule has 0 saturated carbocycles. The highest BCUT2D eigenvalue weighted by Crippen LogP contribution is 2.36. The predicted octanol–water partition coefficient (Wildman–Crippen LogP) is 2.82. The molecular formula is C13H16F3NO2S2. The molecule has 0 aliphatic carbocycles. The first-order chi connectivity index (χ1) is 9.73. The maximum Gasteiger partial charge on any atom is 0.446 e. The number of hydrogen-bond acceptors (Lipinski definition) is 4. The Morgan fingerprint density at radius 3 is 2.43 bits per heavy atom. The van der Waals surface area contributed by atoms with Crippen molar-refractivity contribution in [1.29, 1.82) is 0 Å². The highest BCUT2D eigenvalue weighted by atomic mass is 32.2. The second-order valence-electron chi connectivity index (χ2n) is 5.09. The van der Waals surface area contributed by atoms with Gasteiger partial charge in [0, 0.05) is 11.4 Å². The highest BCUT2D eigenvalue weighted by Gasteiger charge is 2.29. The molecule has 1 aliphatic rings. The van der Waals surface area contributed by atoms with Crippen molar-refractivity contribution in [2.75, 3.05) is 18.1 Å². The zero-order chi connectivity index (χ0) is 15.5. The van der Waals surface area contributed by atoms with Crippen molar-refractivity contribution in [1.82, 2.24) is 5.32 Å². The van der Waals surface area contributed by atoms with Crippen LogP contribution in [0.25, 0.3) is 0 Å². The maximum absolute atomic E-state index is 12.2. The number of hydrogen-bond donors (Lipinski definition) is 1. The summed E-state index contributed by atoms with van der Waals surface area (Å²) < 4.78 is 59.2. The molecule has 0 spiro atoms. The maximum atomic E-state index is 12.2. The van der Waals surface area contributed by atoms with Crippen LogP contribution in [0.2, 0.25) is 0 Å².